The van der Waals surface area contributed by atoms with Crippen LogP contribution >= 0.6 is 11.6 Å². The smallest absolute Gasteiger partial charge is 0.274 e. The van der Waals surface area contributed by atoms with Crippen LogP contribution in [-0.2, 0) is 0 Å². The number of carbonyl (C=O) groups is 1. The summed E-state index contributed by atoms with van der Waals surface area (Å²) >= 11 is 5.86. The lowest BCUT2D eigenvalue weighted by atomic mass is 10.2. The van der Waals surface area contributed by atoms with E-state index in [-0.39, 0.29) is 11.6 Å². The van der Waals surface area contributed by atoms with Crippen LogP contribution in [0.4, 0.5) is 17.3 Å². The third-order valence-corrected chi connectivity index (χ3v) is 4.12. The summed E-state index contributed by atoms with van der Waals surface area (Å²) in [6.07, 6.45) is 3.26. The van der Waals surface area contributed by atoms with Gasteiger partial charge in [0.2, 0.25) is 5.95 Å². The molecular formula is C20H14ClN5O. The largest absolute Gasteiger partial charge is 0.322 e. The van der Waals surface area contributed by atoms with Crippen molar-refractivity contribution in [2.75, 3.05) is 10.6 Å². The molecule has 0 aliphatic carbocycles. The molecule has 0 spiro atoms. The highest BCUT2D eigenvalue weighted by atomic mass is 35.5. The lowest BCUT2D eigenvalue weighted by Crippen LogP contribution is -2.14. The number of para-hydroxylation sites is 1. The fraction of sp³-hybridized carbons (Fsp3) is 0. The summed E-state index contributed by atoms with van der Waals surface area (Å²) in [6.45, 7) is 0. The first-order chi connectivity index (χ1) is 13.2. The molecule has 6 nitrogen and oxygen atoms in total. The first-order valence-corrected chi connectivity index (χ1v) is 8.57. The predicted molar refractivity (Wildman–Crippen MR) is 106 cm³/mol. The van der Waals surface area contributed by atoms with Crippen LogP contribution in [0.3, 0.4) is 0 Å². The summed E-state index contributed by atoms with van der Waals surface area (Å²) in [5.41, 5.74) is 2.45. The van der Waals surface area contributed by atoms with Gasteiger partial charge in [-0.2, -0.15) is 0 Å². The normalized spacial score (nSPS) is 10.6. The van der Waals surface area contributed by atoms with Gasteiger partial charge < -0.3 is 10.6 Å². The number of carbonyl (C=O) groups excluding carboxylic acids is 1. The highest BCUT2D eigenvalue weighted by Crippen LogP contribution is 2.23. The van der Waals surface area contributed by atoms with Gasteiger partial charge in [0.05, 0.1) is 11.2 Å². The predicted octanol–water partition coefficient (Wildman–Crippen LogP) is 4.67. The third-order valence-electron chi connectivity index (χ3n) is 3.87. The molecule has 2 N–H and O–H groups in total. The monoisotopic (exact) mass is 375 g/mol. The quantitative estimate of drug-likeness (QED) is 0.541. The SMILES string of the molecule is O=C(Nc1ccc(Cl)cc1)c1ccnc(Nc2cccc3cccnc23)n1. The van der Waals surface area contributed by atoms with Gasteiger partial charge in [-0.15, -0.1) is 0 Å². The Labute approximate surface area is 160 Å². The summed E-state index contributed by atoms with van der Waals surface area (Å²) in [4.78, 5) is 25.3. The number of rotatable bonds is 4. The van der Waals surface area contributed by atoms with Crippen molar-refractivity contribution in [3.63, 3.8) is 0 Å². The number of nitrogens with zero attached hydrogens (tertiary/aromatic N) is 3. The molecule has 0 saturated carbocycles. The van der Waals surface area contributed by atoms with Gasteiger partial charge in [0.1, 0.15) is 5.69 Å². The Bertz CT molecular complexity index is 1110. The van der Waals surface area contributed by atoms with E-state index < -0.39 is 0 Å². The molecule has 0 aliphatic heterocycles. The minimum Gasteiger partial charge on any atom is -0.322 e. The van der Waals surface area contributed by atoms with Crippen LogP contribution in [-0.4, -0.2) is 20.9 Å². The Morgan fingerprint density at radius 2 is 1.70 bits per heavy atom. The summed E-state index contributed by atoms with van der Waals surface area (Å²) in [6, 6.07) is 18.1. The number of nitrogens with one attached hydrogen (secondary N) is 2. The number of pyridine rings is 1. The number of anilines is 3. The first kappa shape index (κ1) is 16.9. The Morgan fingerprint density at radius 1 is 0.889 bits per heavy atom. The van der Waals surface area contributed by atoms with Crippen LogP contribution in [0.2, 0.25) is 5.02 Å². The van der Waals surface area contributed by atoms with Crippen molar-refractivity contribution in [3.05, 3.63) is 83.8 Å². The van der Waals surface area contributed by atoms with Crippen molar-refractivity contribution in [2.45, 2.75) is 0 Å². The van der Waals surface area contributed by atoms with Crippen molar-refractivity contribution < 1.29 is 4.79 Å². The molecule has 0 saturated heterocycles. The number of halogens is 1. The molecule has 27 heavy (non-hydrogen) atoms. The second kappa shape index (κ2) is 7.39. The molecule has 2 aromatic carbocycles. The van der Waals surface area contributed by atoms with Crippen LogP contribution in [0.5, 0.6) is 0 Å². The minimum absolute atomic E-state index is 0.246. The first-order valence-electron chi connectivity index (χ1n) is 8.20. The highest BCUT2D eigenvalue weighted by Gasteiger charge is 2.10. The van der Waals surface area contributed by atoms with Gasteiger partial charge in [-0.3, -0.25) is 9.78 Å². The number of fused-ring (bicyclic) bond motifs is 1. The van der Waals surface area contributed by atoms with E-state index in [1.807, 2.05) is 30.3 Å². The van der Waals surface area contributed by atoms with Crippen LogP contribution in [0.1, 0.15) is 10.5 Å². The Kier molecular flexibility index (Phi) is 4.63. The maximum absolute atomic E-state index is 12.4. The van der Waals surface area contributed by atoms with Gasteiger partial charge in [0.25, 0.3) is 5.91 Å². The number of benzene rings is 2. The van der Waals surface area contributed by atoms with Crippen molar-refractivity contribution in [1.82, 2.24) is 15.0 Å². The van der Waals surface area contributed by atoms with E-state index in [2.05, 4.69) is 25.6 Å². The van der Waals surface area contributed by atoms with E-state index in [4.69, 9.17) is 11.6 Å². The van der Waals surface area contributed by atoms with Gasteiger partial charge in [-0.05, 0) is 42.5 Å². The maximum Gasteiger partial charge on any atom is 0.274 e. The number of aromatic nitrogens is 3. The number of hydrogen-bond donors (Lipinski definition) is 2. The molecule has 0 fully saturated rings. The van der Waals surface area contributed by atoms with E-state index in [0.717, 1.165) is 16.6 Å². The zero-order valence-electron chi connectivity index (χ0n) is 14.1. The standard InChI is InChI=1S/C20H14ClN5O/c21-14-6-8-15(9-7-14)24-19(27)17-10-12-23-20(26-17)25-16-5-1-3-13-4-2-11-22-18(13)16/h1-12H,(H,24,27)(H,23,25,26). The second-order valence-corrected chi connectivity index (χ2v) is 6.17. The molecule has 0 radical (unpaired) electrons. The summed E-state index contributed by atoms with van der Waals surface area (Å²) in [5, 5.41) is 7.51. The zero-order valence-corrected chi connectivity index (χ0v) is 14.8. The molecule has 7 heteroatoms. The lowest BCUT2D eigenvalue weighted by Gasteiger charge is -2.09. The summed E-state index contributed by atoms with van der Waals surface area (Å²) in [5.74, 6) is -0.0178. The fourth-order valence-electron chi connectivity index (χ4n) is 2.60. The van der Waals surface area contributed by atoms with Crippen molar-refractivity contribution in [1.29, 1.82) is 0 Å². The Morgan fingerprint density at radius 3 is 2.56 bits per heavy atom. The van der Waals surface area contributed by atoms with Gasteiger partial charge >= 0.3 is 0 Å². The third kappa shape index (κ3) is 3.86. The van der Waals surface area contributed by atoms with Gasteiger partial charge in [-0.25, -0.2) is 9.97 Å². The molecule has 0 aliphatic rings. The average Bonchev–Trinajstić information content (AvgIpc) is 2.70. The topological polar surface area (TPSA) is 79.8 Å². The van der Waals surface area contributed by atoms with Crippen molar-refractivity contribution in [3.8, 4) is 0 Å². The molecular weight excluding hydrogens is 362 g/mol. The van der Waals surface area contributed by atoms with E-state index in [9.17, 15) is 4.79 Å². The average molecular weight is 376 g/mol. The molecule has 2 heterocycles. The molecule has 0 atom stereocenters. The second-order valence-electron chi connectivity index (χ2n) is 5.73. The van der Waals surface area contributed by atoms with Crippen molar-refractivity contribution in [2.24, 2.45) is 0 Å². The number of hydrogen-bond acceptors (Lipinski definition) is 5. The minimum atomic E-state index is -0.334. The molecule has 0 bridgehead atoms. The van der Waals surface area contributed by atoms with E-state index in [1.165, 1.54) is 6.20 Å². The lowest BCUT2D eigenvalue weighted by molar-refractivity contribution is 0.102. The van der Waals surface area contributed by atoms with Gasteiger partial charge in [0.15, 0.2) is 0 Å². The molecule has 0 unspecified atom stereocenters. The highest BCUT2D eigenvalue weighted by molar-refractivity contribution is 6.30. The van der Waals surface area contributed by atoms with Gasteiger partial charge in [-0.1, -0.05) is 29.8 Å². The van der Waals surface area contributed by atoms with E-state index >= 15 is 0 Å². The summed E-state index contributed by atoms with van der Waals surface area (Å²) < 4.78 is 0. The summed E-state index contributed by atoms with van der Waals surface area (Å²) in [7, 11) is 0. The molecule has 2 aromatic heterocycles. The fourth-order valence-corrected chi connectivity index (χ4v) is 2.73. The molecule has 132 valence electrons. The van der Waals surface area contributed by atoms with E-state index in [1.54, 1.807) is 36.5 Å². The molecule has 4 rings (SSSR count). The maximum atomic E-state index is 12.4. The van der Waals surface area contributed by atoms with Crippen LogP contribution in [0, 0.1) is 0 Å². The van der Waals surface area contributed by atoms with Crippen LogP contribution in [0.15, 0.2) is 73.1 Å². The molecule has 1 amide bonds. The number of amides is 1. The van der Waals surface area contributed by atoms with Crippen LogP contribution in [0.25, 0.3) is 10.9 Å². The van der Waals surface area contributed by atoms with Crippen LogP contribution < -0.4 is 10.6 Å². The van der Waals surface area contributed by atoms with Crippen molar-refractivity contribution >= 4 is 45.7 Å². The Hall–Kier alpha value is -3.51. The van der Waals surface area contributed by atoms with Gasteiger partial charge in [0, 0.05) is 28.5 Å². The molecule has 4 aromatic rings. The zero-order chi connectivity index (χ0) is 18.6. The van der Waals surface area contributed by atoms with E-state index in [0.29, 0.717) is 16.7 Å². The Balaban J connectivity index is 1.57.